The predicted molar refractivity (Wildman–Crippen MR) is 128 cm³/mol. The lowest BCUT2D eigenvalue weighted by Gasteiger charge is -2.45. The Morgan fingerprint density at radius 3 is 1.42 bits per heavy atom. The van der Waals surface area contributed by atoms with Crippen LogP contribution in [0, 0.1) is 5.92 Å². The summed E-state index contributed by atoms with van der Waals surface area (Å²) in [5, 5.41) is 10.1. The van der Waals surface area contributed by atoms with Gasteiger partial charge in [0, 0.05) is 18.6 Å². The smallest absolute Gasteiger partial charge is 0.112 e. The molecule has 4 rings (SSSR count). The molecule has 1 aliphatic rings. The van der Waals surface area contributed by atoms with Crippen LogP contribution in [-0.2, 0) is 34.0 Å². The number of ether oxygens (including phenoxy) is 3. The van der Waals surface area contributed by atoms with Crippen LogP contribution < -0.4 is 5.73 Å². The van der Waals surface area contributed by atoms with Gasteiger partial charge in [-0.3, -0.25) is 0 Å². The van der Waals surface area contributed by atoms with E-state index in [9.17, 15) is 5.11 Å². The van der Waals surface area contributed by atoms with Gasteiger partial charge in [-0.2, -0.15) is 0 Å². The van der Waals surface area contributed by atoms with Gasteiger partial charge in [0.2, 0.25) is 0 Å². The first-order chi connectivity index (χ1) is 16.2. The van der Waals surface area contributed by atoms with E-state index in [4.69, 9.17) is 19.9 Å². The fraction of sp³-hybridized carbons (Fsp3) is 0.357. The first-order valence-electron chi connectivity index (χ1n) is 11.6. The predicted octanol–water partition coefficient (Wildman–Crippen LogP) is 4.08. The maximum atomic E-state index is 10.1. The maximum absolute atomic E-state index is 10.1. The van der Waals surface area contributed by atoms with Crippen LogP contribution in [0.15, 0.2) is 91.0 Å². The average Bonchev–Trinajstić information content (AvgIpc) is 2.87. The van der Waals surface area contributed by atoms with Crippen molar-refractivity contribution in [3.8, 4) is 0 Å². The second-order valence-electron chi connectivity index (χ2n) is 8.63. The monoisotopic (exact) mass is 447 g/mol. The molecular formula is C28H33NO4. The highest BCUT2D eigenvalue weighted by atomic mass is 16.6. The molecule has 0 saturated heterocycles. The number of rotatable bonds is 10. The van der Waals surface area contributed by atoms with Gasteiger partial charge in [0.1, 0.15) is 12.2 Å². The lowest BCUT2D eigenvalue weighted by Crippen LogP contribution is -2.60. The fourth-order valence-corrected chi connectivity index (χ4v) is 4.43. The minimum atomic E-state index is -0.404. The van der Waals surface area contributed by atoms with Gasteiger partial charge in [0.25, 0.3) is 0 Å². The van der Waals surface area contributed by atoms with Crippen molar-refractivity contribution in [1.82, 2.24) is 0 Å². The van der Waals surface area contributed by atoms with Gasteiger partial charge < -0.3 is 25.1 Å². The third kappa shape index (κ3) is 6.50. The van der Waals surface area contributed by atoms with Crippen LogP contribution in [0.2, 0.25) is 0 Å². The van der Waals surface area contributed by atoms with E-state index < -0.39 is 6.10 Å². The van der Waals surface area contributed by atoms with Crippen molar-refractivity contribution in [2.45, 2.75) is 50.6 Å². The molecule has 33 heavy (non-hydrogen) atoms. The molecule has 0 radical (unpaired) electrons. The molecule has 174 valence electrons. The lowest BCUT2D eigenvalue weighted by molar-refractivity contribution is -0.197. The van der Waals surface area contributed by atoms with Crippen molar-refractivity contribution in [3.05, 3.63) is 108 Å². The van der Waals surface area contributed by atoms with Crippen LogP contribution in [0.4, 0.5) is 0 Å². The minimum Gasteiger partial charge on any atom is -0.396 e. The first kappa shape index (κ1) is 23.6. The third-order valence-corrected chi connectivity index (χ3v) is 6.20. The zero-order valence-electron chi connectivity index (χ0n) is 18.8. The Kier molecular flexibility index (Phi) is 8.64. The van der Waals surface area contributed by atoms with Crippen LogP contribution in [0.1, 0.15) is 23.1 Å². The second kappa shape index (κ2) is 12.1. The summed E-state index contributed by atoms with van der Waals surface area (Å²) in [7, 11) is 0. The van der Waals surface area contributed by atoms with Gasteiger partial charge in [0.05, 0.1) is 25.9 Å². The summed E-state index contributed by atoms with van der Waals surface area (Å²) in [6, 6.07) is 29.9. The summed E-state index contributed by atoms with van der Waals surface area (Å²) in [5.74, 6) is -0.124. The molecule has 3 aromatic carbocycles. The number of nitrogens with two attached hydrogens (primary N) is 1. The highest BCUT2D eigenvalue weighted by molar-refractivity contribution is 5.16. The number of hydrogen-bond donors (Lipinski definition) is 2. The van der Waals surface area contributed by atoms with Crippen molar-refractivity contribution < 1.29 is 19.3 Å². The molecule has 0 spiro atoms. The molecule has 5 atom stereocenters. The Labute approximate surface area is 196 Å². The molecule has 0 aliphatic heterocycles. The van der Waals surface area contributed by atoms with E-state index in [-0.39, 0.29) is 30.8 Å². The Hall–Kier alpha value is -2.54. The normalized spacial score (nSPS) is 25.1. The van der Waals surface area contributed by atoms with Gasteiger partial charge in [-0.05, 0) is 23.1 Å². The summed E-state index contributed by atoms with van der Waals surface area (Å²) in [6.07, 6.45) is -0.476. The Bertz CT molecular complexity index is 938. The zero-order valence-corrected chi connectivity index (χ0v) is 18.8. The largest absolute Gasteiger partial charge is 0.396 e. The summed E-state index contributed by atoms with van der Waals surface area (Å²) < 4.78 is 19.2. The van der Waals surface area contributed by atoms with Gasteiger partial charge in [-0.15, -0.1) is 0 Å². The van der Waals surface area contributed by atoms with E-state index in [1.165, 1.54) is 0 Å². The summed E-state index contributed by atoms with van der Waals surface area (Å²) in [4.78, 5) is 0. The van der Waals surface area contributed by atoms with Crippen molar-refractivity contribution in [2.75, 3.05) is 6.61 Å². The molecule has 1 saturated carbocycles. The van der Waals surface area contributed by atoms with Crippen molar-refractivity contribution in [3.63, 3.8) is 0 Å². The van der Waals surface area contributed by atoms with Gasteiger partial charge in [-0.1, -0.05) is 91.0 Å². The van der Waals surface area contributed by atoms with Crippen molar-refractivity contribution >= 4 is 0 Å². The first-order valence-corrected chi connectivity index (χ1v) is 11.6. The van der Waals surface area contributed by atoms with Gasteiger partial charge >= 0.3 is 0 Å². The molecule has 3 N–H and O–H groups in total. The van der Waals surface area contributed by atoms with Gasteiger partial charge in [-0.25, -0.2) is 0 Å². The molecule has 0 unspecified atom stereocenters. The zero-order chi connectivity index (χ0) is 22.9. The van der Waals surface area contributed by atoms with E-state index in [0.29, 0.717) is 26.2 Å². The minimum absolute atomic E-state index is 0.0102. The Morgan fingerprint density at radius 1 is 0.606 bits per heavy atom. The van der Waals surface area contributed by atoms with Crippen LogP contribution in [0.3, 0.4) is 0 Å². The lowest BCUT2D eigenvalue weighted by atomic mass is 9.79. The molecular weight excluding hydrogens is 414 g/mol. The highest BCUT2D eigenvalue weighted by Gasteiger charge is 2.45. The van der Waals surface area contributed by atoms with E-state index in [1.54, 1.807) is 0 Å². The van der Waals surface area contributed by atoms with Gasteiger partial charge in [0.15, 0.2) is 0 Å². The number of aliphatic hydroxyl groups is 1. The maximum Gasteiger partial charge on any atom is 0.112 e. The van der Waals surface area contributed by atoms with Crippen LogP contribution in [-0.4, -0.2) is 36.1 Å². The second-order valence-corrected chi connectivity index (χ2v) is 8.63. The molecule has 0 aromatic heterocycles. The molecule has 1 aliphatic carbocycles. The SMILES string of the molecule is N[C@H]1C[C@H](CO)[C@H](OCc2ccccc2)[C@H](OCc2ccccc2)[C@H]1OCc1ccccc1. The van der Waals surface area contributed by atoms with Crippen LogP contribution in [0.25, 0.3) is 0 Å². The van der Waals surface area contributed by atoms with Crippen molar-refractivity contribution in [1.29, 1.82) is 0 Å². The topological polar surface area (TPSA) is 73.9 Å². The summed E-state index contributed by atoms with van der Waals surface area (Å²) in [5.41, 5.74) is 9.79. The Morgan fingerprint density at radius 2 is 1.00 bits per heavy atom. The number of benzene rings is 3. The molecule has 3 aromatic rings. The van der Waals surface area contributed by atoms with E-state index >= 15 is 0 Å². The summed E-state index contributed by atoms with van der Waals surface area (Å²) in [6.45, 7) is 1.30. The number of hydrogen-bond acceptors (Lipinski definition) is 5. The number of aliphatic hydroxyl groups excluding tert-OH is 1. The highest BCUT2D eigenvalue weighted by Crippen LogP contribution is 2.32. The van der Waals surface area contributed by atoms with Crippen molar-refractivity contribution in [2.24, 2.45) is 11.7 Å². The Balaban J connectivity index is 1.53. The molecule has 0 amide bonds. The van der Waals surface area contributed by atoms with E-state index in [0.717, 1.165) is 16.7 Å². The molecule has 0 heterocycles. The third-order valence-electron chi connectivity index (χ3n) is 6.20. The fourth-order valence-electron chi connectivity index (χ4n) is 4.43. The van der Waals surface area contributed by atoms with Crippen LogP contribution >= 0.6 is 0 Å². The molecule has 5 heteroatoms. The molecule has 1 fully saturated rings. The molecule has 0 bridgehead atoms. The van der Waals surface area contributed by atoms with Crippen LogP contribution in [0.5, 0.6) is 0 Å². The molecule has 5 nitrogen and oxygen atoms in total. The quantitative estimate of drug-likeness (QED) is 0.490. The average molecular weight is 448 g/mol. The summed E-state index contributed by atoms with van der Waals surface area (Å²) >= 11 is 0. The van der Waals surface area contributed by atoms with E-state index in [1.807, 2.05) is 91.0 Å². The van der Waals surface area contributed by atoms with E-state index in [2.05, 4.69) is 0 Å². The standard InChI is InChI=1S/C28H33NO4/c29-25-16-24(17-30)26(31-18-21-10-4-1-5-11-21)28(33-20-23-14-8-3-9-15-23)27(25)32-19-22-12-6-2-7-13-22/h1-15,24-28,30H,16-20,29H2/t24-,25+,26+,27+,28+/m1/s1.